The average Bonchev–Trinajstić information content (AvgIpc) is 3.22. The number of nitrogens with one attached hydrogen (secondary N) is 1. The van der Waals surface area contributed by atoms with Gasteiger partial charge in [-0.15, -0.1) is 11.3 Å². The molecule has 4 rings (SSSR count). The molecule has 2 aromatic heterocycles. The highest BCUT2D eigenvalue weighted by Crippen LogP contribution is 2.31. The molecule has 0 spiro atoms. The summed E-state index contributed by atoms with van der Waals surface area (Å²) in [6.45, 7) is 3.81. The summed E-state index contributed by atoms with van der Waals surface area (Å²) in [5.41, 5.74) is -1.11. The highest BCUT2D eigenvalue weighted by atomic mass is 32.1. The Bertz CT molecular complexity index is 1450. The predicted molar refractivity (Wildman–Crippen MR) is 134 cm³/mol. The zero-order valence-corrected chi connectivity index (χ0v) is 21.4. The van der Waals surface area contributed by atoms with Gasteiger partial charge in [-0.2, -0.15) is 13.2 Å². The lowest BCUT2D eigenvalue weighted by Gasteiger charge is -2.31. The number of aromatic nitrogens is 2. The fourth-order valence-electron chi connectivity index (χ4n) is 4.36. The number of rotatable bonds is 6. The van der Waals surface area contributed by atoms with Crippen LogP contribution in [0.2, 0.25) is 0 Å². The maximum atomic E-state index is 13.3. The molecule has 1 atom stereocenters. The average molecular weight is 551 g/mol. The highest BCUT2D eigenvalue weighted by Gasteiger charge is 2.32. The van der Waals surface area contributed by atoms with E-state index in [0.29, 0.717) is 34.7 Å². The Hall–Kier alpha value is -3.74. The molecule has 3 aromatic rings. The van der Waals surface area contributed by atoms with Gasteiger partial charge < -0.3 is 15.0 Å². The largest absolute Gasteiger partial charge is 0.466 e. The molecule has 1 unspecified atom stereocenters. The van der Waals surface area contributed by atoms with Crippen molar-refractivity contribution in [1.82, 2.24) is 14.5 Å². The molecule has 13 heteroatoms. The molecule has 3 heterocycles. The van der Waals surface area contributed by atoms with E-state index in [1.54, 1.807) is 18.7 Å². The SMILES string of the molecule is CCOC(=O)C1CCCN(C(=O)c2sc3ncn(CC(=O)Nc4cccc(C(F)(F)F)c4)c(=O)c3c2C)C1. The van der Waals surface area contributed by atoms with Crippen molar-refractivity contribution >= 4 is 45.0 Å². The number of hydrogen-bond donors (Lipinski definition) is 1. The number of hydrogen-bond acceptors (Lipinski definition) is 7. The van der Waals surface area contributed by atoms with Gasteiger partial charge in [-0.3, -0.25) is 23.7 Å². The van der Waals surface area contributed by atoms with Crippen LogP contribution in [0.25, 0.3) is 10.2 Å². The Morgan fingerprint density at radius 1 is 1.26 bits per heavy atom. The van der Waals surface area contributed by atoms with E-state index in [4.69, 9.17) is 4.74 Å². The Labute approximate surface area is 219 Å². The number of likely N-dealkylation sites (tertiary alicyclic amines) is 1. The normalized spacial score (nSPS) is 15.9. The minimum atomic E-state index is -4.56. The third-order valence-electron chi connectivity index (χ3n) is 6.23. The topological polar surface area (TPSA) is 111 Å². The lowest BCUT2D eigenvalue weighted by atomic mass is 9.98. The first-order chi connectivity index (χ1) is 18.0. The fourth-order valence-corrected chi connectivity index (χ4v) is 5.47. The second-order valence-corrected chi connectivity index (χ2v) is 9.88. The predicted octanol–water partition coefficient (Wildman–Crippen LogP) is 3.84. The molecular weight excluding hydrogens is 525 g/mol. The summed E-state index contributed by atoms with van der Waals surface area (Å²) in [7, 11) is 0. The molecular formula is C25H25F3N4O5S. The summed E-state index contributed by atoms with van der Waals surface area (Å²) in [4.78, 5) is 57.6. The number of anilines is 1. The van der Waals surface area contributed by atoms with Gasteiger partial charge >= 0.3 is 12.1 Å². The standard InChI is InChI=1S/C25H25F3N4O5S/c1-3-37-24(36)15-6-5-9-31(11-15)23(35)20-14(2)19-21(38-20)29-13-32(22(19)34)12-18(33)30-17-8-4-7-16(10-17)25(26,27)28/h4,7-8,10,13,15H,3,5-6,9,11-12H2,1-2H3,(H,30,33). The van der Waals surface area contributed by atoms with Gasteiger partial charge in [-0.1, -0.05) is 6.07 Å². The number of fused-ring (bicyclic) bond motifs is 1. The van der Waals surface area contributed by atoms with Crippen molar-refractivity contribution in [2.75, 3.05) is 25.0 Å². The van der Waals surface area contributed by atoms with Crippen LogP contribution in [0, 0.1) is 12.8 Å². The number of amides is 2. The second-order valence-electron chi connectivity index (χ2n) is 8.88. The van der Waals surface area contributed by atoms with Gasteiger partial charge in [-0.25, -0.2) is 4.98 Å². The summed E-state index contributed by atoms with van der Waals surface area (Å²) < 4.78 is 45.0. The van der Waals surface area contributed by atoms with E-state index >= 15 is 0 Å². The summed E-state index contributed by atoms with van der Waals surface area (Å²) in [5, 5.41) is 2.55. The molecule has 1 aromatic carbocycles. The van der Waals surface area contributed by atoms with Gasteiger partial charge in [-0.05, 0) is 50.5 Å². The number of benzene rings is 1. The van der Waals surface area contributed by atoms with Gasteiger partial charge in [0.15, 0.2) is 0 Å². The van der Waals surface area contributed by atoms with Crippen LogP contribution in [-0.4, -0.2) is 51.9 Å². The van der Waals surface area contributed by atoms with E-state index in [9.17, 15) is 32.3 Å². The van der Waals surface area contributed by atoms with Crippen molar-refractivity contribution in [3.63, 3.8) is 0 Å². The van der Waals surface area contributed by atoms with E-state index in [1.807, 2.05) is 0 Å². The zero-order valence-electron chi connectivity index (χ0n) is 20.6. The molecule has 1 N–H and O–H groups in total. The molecule has 0 saturated carbocycles. The van der Waals surface area contributed by atoms with Gasteiger partial charge in [0.05, 0.1) is 34.7 Å². The van der Waals surface area contributed by atoms with Gasteiger partial charge in [0.2, 0.25) is 5.91 Å². The van der Waals surface area contributed by atoms with Crippen LogP contribution in [0.5, 0.6) is 0 Å². The van der Waals surface area contributed by atoms with Crippen LogP contribution in [-0.2, 0) is 27.0 Å². The van der Waals surface area contributed by atoms with Gasteiger partial charge in [0.1, 0.15) is 11.4 Å². The number of carbonyl (C=O) groups is 3. The van der Waals surface area contributed by atoms with Gasteiger partial charge in [0, 0.05) is 18.8 Å². The number of aryl methyl sites for hydroxylation is 1. The number of piperidine rings is 1. The Morgan fingerprint density at radius 2 is 2.03 bits per heavy atom. The Kier molecular flexibility index (Phi) is 7.86. The number of esters is 1. The molecule has 0 radical (unpaired) electrons. The third kappa shape index (κ3) is 5.72. The van der Waals surface area contributed by atoms with Crippen molar-refractivity contribution in [2.45, 2.75) is 39.4 Å². The monoisotopic (exact) mass is 550 g/mol. The van der Waals surface area contributed by atoms with Crippen molar-refractivity contribution < 1.29 is 32.3 Å². The maximum absolute atomic E-state index is 13.3. The van der Waals surface area contributed by atoms with E-state index in [-0.39, 0.29) is 36.1 Å². The maximum Gasteiger partial charge on any atom is 0.416 e. The molecule has 1 aliphatic rings. The van der Waals surface area contributed by atoms with Crippen LogP contribution in [0.15, 0.2) is 35.4 Å². The summed E-state index contributed by atoms with van der Waals surface area (Å²) in [5.74, 6) is -1.78. The number of halogens is 3. The van der Waals surface area contributed by atoms with E-state index in [0.717, 1.165) is 34.4 Å². The molecule has 38 heavy (non-hydrogen) atoms. The fraction of sp³-hybridized carbons (Fsp3) is 0.400. The second kappa shape index (κ2) is 10.9. The number of carbonyl (C=O) groups excluding carboxylic acids is 3. The van der Waals surface area contributed by atoms with Crippen molar-refractivity contribution in [1.29, 1.82) is 0 Å². The molecule has 202 valence electrons. The van der Waals surface area contributed by atoms with Crippen LogP contribution >= 0.6 is 11.3 Å². The first kappa shape index (κ1) is 27.3. The lowest BCUT2D eigenvalue weighted by Crippen LogP contribution is -2.42. The molecule has 1 aliphatic heterocycles. The van der Waals surface area contributed by atoms with Crippen LogP contribution in [0.1, 0.15) is 40.6 Å². The summed E-state index contributed by atoms with van der Waals surface area (Å²) in [6, 6.07) is 4.17. The molecule has 1 saturated heterocycles. The molecule has 0 bridgehead atoms. The summed E-state index contributed by atoms with van der Waals surface area (Å²) in [6.07, 6.45) is -2.13. The molecule has 9 nitrogen and oxygen atoms in total. The minimum Gasteiger partial charge on any atom is -0.466 e. The third-order valence-corrected chi connectivity index (χ3v) is 7.42. The van der Waals surface area contributed by atoms with Crippen molar-refractivity contribution in [3.05, 3.63) is 57.0 Å². The first-order valence-electron chi connectivity index (χ1n) is 11.9. The number of nitrogens with zero attached hydrogens (tertiary/aromatic N) is 3. The summed E-state index contributed by atoms with van der Waals surface area (Å²) >= 11 is 1.05. The number of thiophene rings is 1. The van der Waals surface area contributed by atoms with Crippen molar-refractivity contribution in [2.24, 2.45) is 5.92 Å². The number of ether oxygens (including phenoxy) is 1. The lowest BCUT2D eigenvalue weighted by molar-refractivity contribution is -0.149. The van der Waals surface area contributed by atoms with Crippen LogP contribution < -0.4 is 10.9 Å². The van der Waals surface area contributed by atoms with Crippen LogP contribution in [0.4, 0.5) is 18.9 Å². The zero-order chi connectivity index (χ0) is 27.6. The first-order valence-corrected chi connectivity index (χ1v) is 12.7. The van der Waals surface area contributed by atoms with Gasteiger partial charge in [0.25, 0.3) is 11.5 Å². The van der Waals surface area contributed by atoms with E-state index < -0.39 is 35.7 Å². The molecule has 0 aliphatic carbocycles. The molecule has 2 amide bonds. The van der Waals surface area contributed by atoms with Crippen molar-refractivity contribution in [3.8, 4) is 0 Å². The van der Waals surface area contributed by atoms with E-state index in [1.165, 1.54) is 12.1 Å². The smallest absolute Gasteiger partial charge is 0.416 e. The highest BCUT2D eigenvalue weighted by molar-refractivity contribution is 7.20. The minimum absolute atomic E-state index is 0.0610. The van der Waals surface area contributed by atoms with Crippen LogP contribution in [0.3, 0.4) is 0 Å². The Balaban J connectivity index is 1.53. The molecule has 1 fully saturated rings. The number of alkyl halides is 3. The Morgan fingerprint density at radius 3 is 2.74 bits per heavy atom. The quantitative estimate of drug-likeness (QED) is 0.467. The van der Waals surface area contributed by atoms with E-state index in [2.05, 4.69) is 10.3 Å².